The number of amides is 1. The number of halogens is 1. The van der Waals surface area contributed by atoms with Gasteiger partial charge in [-0.3, -0.25) is 4.79 Å². The number of nitrogens with zero attached hydrogens (tertiary/aromatic N) is 1. The summed E-state index contributed by atoms with van der Waals surface area (Å²) < 4.78 is 0. The molecule has 0 spiro atoms. The van der Waals surface area contributed by atoms with E-state index >= 15 is 0 Å². The average Bonchev–Trinajstić information content (AvgIpc) is 2.78. The minimum atomic E-state index is -0.421. The van der Waals surface area contributed by atoms with Gasteiger partial charge >= 0.3 is 0 Å². The van der Waals surface area contributed by atoms with E-state index in [1.54, 1.807) is 18.3 Å². The van der Waals surface area contributed by atoms with Crippen LogP contribution in [0, 0.1) is 0 Å². The van der Waals surface area contributed by atoms with Gasteiger partial charge in [0.1, 0.15) is 5.15 Å². The van der Waals surface area contributed by atoms with Crippen molar-refractivity contribution in [1.82, 2.24) is 10.3 Å². The molecule has 1 amide bonds. The molecule has 0 saturated carbocycles. The number of anilines is 1. The van der Waals surface area contributed by atoms with Crippen LogP contribution in [-0.4, -0.2) is 23.0 Å². The monoisotopic (exact) mass is 253 g/mol. The maximum atomic E-state index is 12.2. The molecule has 1 aliphatic rings. The molecule has 4 nitrogen and oxygen atoms in total. The lowest BCUT2D eigenvalue weighted by Crippen LogP contribution is -2.50. The molecule has 2 heterocycles. The fourth-order valence-electron chi connectivity index (χ4n) is 2.19. The molecule has 2 rings (SSSR count). The zero-order valence-corrected chi connectivity index (χ0v) is 10.5. The highest BCUT2D eigenvalue weighted by Gasteiger charge is 2.38. The van der Waals surface area contributed by atoms with Crippen LogP contribution in [0.1, 0.15) is 26.2 Å². The van der Waals surface area contributed by atoms with Crippen molar-refractivity contribution in [2.24, 2.45) is 0 Å². The van der Waals surface area contributed by atoms with Crippen LogP contribution in [0.3, 0.4) is 0 Å². The molecule has 1 unspecified atom stereocenters. The summed E-state index contributed by atoms with van der Waals surface area (Å²) in [6.45, 7) is 2.93. The van der Waals surface area contributed by atoms with Crippen LogP contribution in [0.2, 0.25) is 5.15 Å². The highest BCUT2D eigenvalue weighted by atomic mass is 35.5. The average molecular weight is 254 g/mol. The first-order chi connectivity index (χ1) is 8.16. The Labute approximate surface area is 106 Å². The fraction of sp³-hybridized carbons (Fsp3) is 0.500. The molecular weight excluding hydrogens is 238 g/mol. The van der Waals surface area contributed by atoms with Crippen molar-refractivity contribution < 1.29 is 4.79 Å². The van der Waals surface area contributed by atoms with Crippen LogP contribution in [0.4, 0.5) is 5.69 Å². The lowest BCUT2D eigenvalue weighted by molar-refractivity contribution is -0.122. The molecule has 1 atom stereocenters. The van der Waals surface area contributed by atoms with Crippen molar-refractivity contribution >= 4 is 23.2 Å². The fourth-order valence-corrected chi connectivity index (χ4v) is 2.37. The van der Waals surface area contributed by atoms with Crippen LogP contribution in [-0.2, 0) is 4.79 Å². The van der Waals surface area contributed by atoms with E-state index in [0.29, 0.717) is 10.8 Å². The van der Waals surface area contributed by atoms with Gasteiger partial charge in [0, 0.05) is 11.9 Å². The molecule has 17 heavy (non-hydrogen) atoms. The number of hydrogen-bond acceptors (Lipinski definition) is 3. The Balaban J connectivity index is 2.10. The SMILES string of the molecule is CCC1(C(=O)Nc2ccnc(Cl)c2)CCCN1. The normalized spacial score (nSPS) is 23.6. The van der Waals surface area contributed by atoms with Crippen molar-refractivity contribution in [1.29, 1.82) is 0 Å². The lowest BCUT2D eigenvalue weighted by Gasteiger charge is -2.26. The van der Waals surface area contributed by atoms with E-state index in [4.69, 9.17) is 11.6 Å². The summed E-state index contributed by atoms with van der Waals surface area (Å²) in [5.74, 6) is 0.0137. The van der Waals surface area contributed by atoms with Crippen LogP contribution < -0.4 is 10.6 Å². The molecule has 2 N–H and O–H groups in total. The molecule has 0 aromatic carbocycles. The molecule has 0 radical (unpaired) electrons. The Morgan fingerprint density at radius 1 is 1.71 bits per heavy atom. The Kier molecular flexibility index (Phi) is 3.64. The summed E-state index contributed by atoms with van der Waals surface area (Å²) in [5.41, 5.74) is 0.270. The number of rotatable bonds is 3. The highest BCUT2D eigenvalue weighted by Crippen LogP contribution is 2.25. The highest BCUT2D eigenvalue weighted by molar-refractivity contribution is 6.29. The van der Waals surface area contributed by atoms with E-state index in [1.807, 2.05) is 6.92 Å². The molecule has 1 aromatic heterocycles. The third kappa shape index (κ3) is 2.58. The third-order valence-corrected chi connectivity index (χ3v) is 3.47. The number of carbonyl (C=O) groups excluding carboxylic acids is 1. The minimum Gasteiger partial charge on any atom is -0.324 e. The van der Waals surface area contributed by atoms with E-state index in [1.165, 1.54) is 0 Å². The summed E-state index contributed by atoms with van der Waals surface area (Å²) in [5, 5.41) is 6.57. The zero-order chi connectivity index (χ0) is 12.3. The van der Waals surface area contributed by atoms with Gasteiger partial charge in [0.25, 0.3) is 0 Å². The number of carbonyl (C=O) groups is 1. The first-order valence-corrected chi connectivity index (χ1v) is 6.22. The third-order valence-electron chi connectivity index (χ3n) is 3.27. The first kappa shape index (κ1) is 12.3. The smallest absolute Gasteiger partial charge is 0.244 e. The van der Waals surface area contributed by atoms with Gasteiger partial charge in [0.2, 0.25) is 5.91 Å². The van der Waals surface area contributed by atoms with Gasteiger partial charge in [-0.05, 0) is 37.9 Å². The minimum absolute atomic E-state index is 0.0137. The molecule has 5 heteroatoms. The van der Waals surface area contributed by atoms with Gasteiger partial charge in [-0.25, -0.2) is 4.98 Å². The van der Waals surface area contributed by atoms with Gasteiger partial charge in [-0.2, -0.15) is 0 Å². The summed E-state index contributed by atoms with van der Waals surface area (Å²) in [6, 6.07) is 3.39. The summed E-state index contributed by atoms with van der Waals surface area (Å²) in [4.78, 5) is 16.1. The molecular formula is C12H16ClN3O. The summed E-state index contributed by atoms with van der Waals surface area (Å²) in [6.07, 6.45) is 4.29. The predicted molar refractivity (Wildman–Crippen MR) is 68.1 cm³/mol. The van der Waals surface area contributed by atoms with Gasteiger partial charge in [0.05, 0.1) is 5.54 Å². The molecule has 1 saturated heterocycles. The van der Waals surface area contributed by atoms with E-state index in [-0.39, 0.29) is 5.91 Å². The van der Waals surface area contributed by atoms with Gasteiger partial charge in [-0.15, -0.1) is 0 Å². The number of nitrogens with one attached hydrogen (secondary N) is 2. The Morgan fingerprint density at radius 3 is 3.12 bits per heavy atom. The van der Waals surface area contributed by atoms with Crippen LogP contribution in [0.5, 0.6) is 0 Å². The van der Waals surface area contributed by atoms with Crippen molar-refractivity contribution in [3.8, 4) is 0 Å². The molecule has 0 bridgehead atoms. The maximum absolute atomic E-state index is 12.2. The molecule has 1 aromatic rings. The van der Waals surface area contributed by atoms with E-state index in [2.05, 4.69) is 15.6 Å². The lowest BCUT2D eigenvalue weighted by atomic mass is 9.93. The zero-order valence-electron chi connectivity index (χ0n) is 9.79. The molecule has 92 valence electrons. The number of pyridine rings is 1. The summed E-state index contributed by atoms with van der Waals surface area (Å²) in [7, 11) is 0. The van der Waals surface area contributed by atoms with Crippen molar-refractivity contribution in [2.75, 3.05) is 11.9 Å². The molecule has 0 aliphatic carbocycles. The second-order valence-electron chi connectivity index (χ2n) is 4.29. The largest absolute Gasteiger partial charge is 0.324 e. The summed E-state index contributed by atoms with van der Waals surface area (Å²) >= 11 is 5.78. The van der Waals surface area contributed by atoms with Crippen LogP contribution in [0.15, 0.2) is 18.3 Å². The second kappa shape index (κ2) is 5.02. The van der Waals surface area contributed by atoms with Crippen molar-refractivity contribution in [3.05, 3.63) is 23.5 Å². The number of hydrogen-bond donors (Lipinski definition) is 2. The van der Waals surface area contributed by atoms with Crippen molar-refractivity contribution in [3.63, 3.8) is 0 Å². The Bertz CT molecular complexity index is 416. The standard InChI is InChI=1S/C12H16ClN3O/c1-2-12(5-3-6-15-12)11(17)16-9-4-7-14-10(13)8-9/h4,7-8,15H,2-3,5-6H2,1H3,(H,14,16,17). The van der Waals surface area contributed by atoms with Crippen molar-refractivity contribution in [2.45, 2.75) is 31.7 Å². The van der Waals surface area contributed by atoms with E-state index in [0.717, 1.165) is 25.8 Å². The molecule has 1 aliphatic heterocycles. The van der Waals surface area contributed by atoms with Gasteiger partial charge in [-0.1, -0.05) is 18.5 Å². The molecule has 1 fully saturated rings. The first-order valence-electron chi connectivity index (χ1n) is 5.84. The van der Waals surface area contributed by atoms with Crippen LogP contribution >= 0.6 is 11.6 Å². The second-order valence-corrected chi connectivity index (χ2v) is 4.67. The van der Waals surface area contributed by atoms with Gasteiger partial charge < -0.3 is 10.6 Å². The van der Waals surface area contributed by atoms with Gasteiger partial charge in [0.15, 0.2) is 0 Å². The predicted octanol–water partition coefficient (Wildman–Crippen LogP) is 2.21. The number of aromatic nitrogens is 1. The van der Waals surface area contributed by atoms with Crippen LogP contribution in [0.25, 0.3) is 0 Å². The van der Waals surface area contributed by atoms with E-state index < -0.39 is 5.54 Å². The Morgan fingerprint density at radius 2 is 2.53 bits per heavy atom. The quantitative estimate of drug-likeness (QED) is 0.812. The maximum Gasteiger partial charge on any atom is 0.244 e. The Hall–Kier alpha value is -1.13. The topological polar surface area (TPSA) is 54.0 Å². The van der Waals surface area contributed by atoms with E-state index in [9.17, 15) is 4.79 Å².